The Balaban J connectivity index is 2.71. The summed E-state index contributed by atoms with van der Waals surface area (Å²) in [6.07, 6.45) is 4.48. The van der Waals surface area contributed by atoms with Gasteiger partial charge < -0.3 is 0 Å². The number of hydrogen-bond donors (Lipinski definition) is 0. The van der Waals surface area contributed by atoms with Gasteiger partial charge in [0.1, 0.15) is 4.49 Å². The fraction of sp³-hybridized carbons (Fsp3) is 0.333. The predicted molar refractivity (Wildman–Crippen MR) is 42.1 cm³/mol. The molecule has 1 aliphatic carbocycles. The molecule has 0 saturated carbocycles. The summed E-state index contributed by atoms with van der Waals surface area (Å²) in [5.41, 5.74) is 0.929. The maximum atomic E-state index is 5.71. The van der Waals surface area contributed by atoms with Crippen LogP contribution in [0.2, 0.25) is 0 Å². The molecular formula is C6H5Cl3. The van der Waals surface area contributed by atoms with E-state index in [2.05, 4.69) is 0 Å². The van der Waals surface area contributed by atoms with Gasteiger partial charge in [-0.05, 0) is 12.0 Å². The fourth-order valence-electron chi connectivity index (χ4n) is 0.707. The average molecular weight is 183 g/mol. The molecule has 1 unspecified atom stereocenters. The molecule has 1 atom stereocenters. The Bertz CT molecular complexity index is 165. The number of alkyl halides is 1. The van der Waals surface area contributed by atoms with Crippen molar-refractivity contribution >= 4 is 34.8 Å². The second-order valence-electron chi connectivity index (χ2n) is 1.86. The number of rotatable bonds is 0. The van der Waals surface area contributed by atoms with Crippen LogP contribution in [0.3, 0.4) is 0 Å². The van der Waals surface area contributed by atoms with E-state index in [1.54, 1.807) is 0 Å². The highest BCUT2D eigenvalue weighted by molar-refractivity contribution is 6.56. The number of halogens is 3. The van der Waals surface area contributed by atoms with Gasteiger partial charge in [0.2, 0.25) is 0 Å². The maximum Gasteiger partial charge on any atom is 0.110 e. The Morgan fingerprint density at radius 1 is 1.56 bits per heavy atom. The summed E-state index contributed by atoms with van der Waals surface area (Å²) < 4.78 is 0.328. The first kappa shape index (κ1) is 7.46. The number of allylic oxidation sites excluding steroid dienone is 3. The molecule has 0 aromatic rings. The van der Waals surface area contributed by atoms with Crippen molar-refractivity contribution in [3.05, 3.63) is 22.2 Å². The van der Waals surface area contributed by atoms with Crippen LogP contribution in [0.1, 0.15) is 6.42 Å². The van der Waals surface area contributed by atoms with Gasteiger partial charge in [0, 0.05) is 0 Å². The lowest BCUT2D eigenvalue weighted by molar-refractivity contribution is 1.07. The van der Waals surface area contributed by atoms with E-state index < -0.39 is 0 Å². The van der Waals surface area contributed by atoms with Crippen LogP contribution in [-0.2, 0) is 0 Å². The monoisotopic (exact) mass is 182 g/mol. The minimum absolute atomic E-state index is 0.0764. The van der Waals surface area contributed by atoms with Gasteiger partial charge in [-0.25, -0.2) is 0 Å². The average Bonchev–Trinajstić information content (AvgIpc) is 2.14. The minimum Gasteiger partial charge on any atom is -0.118 e. The summed E-state index contributed by atoms with van der Waals surface area (Å²) >= 11 is 16.7. The molecule has 0 amide bonds. The molecule has 0 spiro atoms. The van der Waals surface area contributed by atoms with Gasteiger partial charge in [-0.15, -0.1) is 11.6 Å². The Labute approximate surface area is 69.1 Å². The fourth-order valence-corrected chi connectivity index (χ4v) is 1.23. The normalized spacial score (nSPS) is 25.2. The van der Waals surface area contributed by atoms with Gasteiger partial charge in [0.25, 0.3) is 0 Å². The second-order valence-corrected chi connectivity index (χ2v) is 3.37. The lowest BCUT2D eigenvalue weighted by Gasteiger charge is -1.93. The van der Waals surface area contributed by atoms with E-state index in [1.165, 1.54) is 0 Å². The van der Waals surface area contributed by atoms with Crippen LogP contribution in [0.5, 0.6) is 0 Å². The van der Waals surface area contributed by atoms with Crippen molar-refractivity contribution in [3.63, 3.8) is 0 Å². The van der Waals surface area contributed by atoms with Crippen molar-refractivity contribution in [1.29, 1.82) is 0 Å². The first-order chi connectivity index (χ1) is 4.20. The summed E-state index contributed by atoms with van der Waals surface area (Å²) in [6.45, 7) is 0. The first-order valence-corrected chi connectivity index (χ1v) is 3.76. The Morgan fingerprint density at radius 3 is 2.44 bits per heavy atom. The molecule has 0 radical (unpaired) electrons. The van der Waals surface area contributed by atoms with Crippen LogP contribution in [0.4, 0.5) is 0 Å². The second kappa shape index (κ2) is 2.96. The van der Waals surface area contributed by atoms with E-state index in [0.29, 0.717) is 4.49 Å². The zero-order chi connectivity index (χ0) is 6.85. The van der Waals surface area contributed by atoms with Gasteiger partial charge in [-0.3, -0.25) is 0 Å². The van der Waals surface area contributed by atoms with Crippen molar-refractivity contribution in [2.24, 2.45) is 0 Å². The van der Waals surface area contributed by atoms with E-state index in [4.69, 9.17) is 34.8 Å². The predicted octanol–water partition coefficient (Wildman–Crippen LogP) is 3.24. The van der Waals surface area contributed by atoms with E-state index in [0.717, 1.165) is 12.0 Å². The van der Waals surface area contributed by atoms with Crippen LogP contribution in [0.25, 0.3) is 0 Å². The molecule has 0 aromatic carbocycles. The van der Waals surface area contributed by atoms with E-state index in [9.17, 15) is 0 Å². The van der Waals surface area contributed by atoms with Gasteiger partial charge >= 0.3 is 0 Å². The molecule has 3 heteroatoms. The molecule has 0 heterocycles. The highest BCUT2D eigenvalue weighted by atomic mass is 35.5. The molecule has 9 heavy (non-hydrogen) atoms. The molecule has 50 valence electrons. The molecule has 0 fully saturated rings. The van der Waals surface area contributed by atoms with Crippen molar-refractivity contribution < 1.29 is 0 Å². The summed E-state index contributed by atoms with van der Waals surface area (Å²) in [5.74, 6) is 0. The Kier molecular flexibility index (Phi) is 2.45. The van der Waals surface area contributed by atoms with Crippen LogP contribution in [0, 0.1) is 0 Å². The summed E-state index contributed by atoms with van der Waals surface area (Å²) in [5, 5.41) is 0.0764. The number of hydrogen-bond acceptors (Lipinski definition) is 0. The quantitative estimate of drug-likeness (QED) is 0.506. The third-order valence-electron chi connectivity index (χ3n) is 1.16. The summed E-state index contributed by atoms with van der Waals surface area (Å²) in [4.78, 5) is 0. The molecule has 0 bridgehead atoms. The Hall–Kier alpha value is 0.350. The first-order valence-electron chi connectivity index (χ1n) is 2.56. The molecule has 0 saturated heterocycles. The molecule has 1 aliphatic rings. The summed E-state index contributed by atoms with van der Waals surface area (Å²) in [7, 11) is 0. The molecule has 0 aromatic heterocycles. The Morgan fingerprint density at radius 2 is 2.22 bits per heavy atom. The minimum atomic E-state index is 0.0764. The summed E-state index contributed by atoms with van der Waals surface area (Å²) in [6, 6.07) is 0. The van der Waals surface area contributed by atoms with Gasteiger partial charge in [0.15, 0.2) is 0 Å². The van der Waals surface area contributed by atoms with Crippen LogP contribution < -0.4 is 0 Å². The van der Waals surface area contributed by atoms with Crippen molar-refractivity contribution in [3.8, 4) is 0 Å². The van der Waals surface area contributed by atoms with Crippen molar-refractivity contribution in [2.75, 3.05) is 0 Å². The van der Waals surface area contributed by atoms with Crippen LogP contribution >= 0.6 is 34.8 Å². The largest absolute Gasteiger partial charge is 0.118 e. The zero-order valence-electron chi connectivity index (χ0n) is 4.57. The van der Waals surface area contributed by atoms with E-state index in [1.807, 2.05) is 12.2 Å². The van der Waals surface area contributed by atoms with Crippen LogP contribution in [0.15, 0.2) is 22.2 Å². The van der Waals surface area contributed by atoms with Gasteiger partial charge in [0.05, 0.1) is 5.38 Å². The van der Waals surface area contributed by atoms with Crippen LogP contribution in [-0.4, -0.2) is 5.38 Å². The topological polar surface area (TPSA) is 0 Å². The SMILES string of the molecule is ClC(Cl)=C1C=CC(Cl)C1. The lowest BCUT2D eigenvalue weighted by atomic mass is 10.3. The highest BCUT2D eigenvalue weighted by Crippen LogP contribution is 2.27. The van der Waals surface area contributed by atoms with Gasteiger partial charge in [-0.1, -0.05) is 35.4 Å². The van der Waals surface area contributed by atoms with Gasteiger partial charge in [-0.2, -0.15) is 0 Å². The standard InChI is InChI=1S/C6H5Cl3/c7-5-2-1-4(3-5)6(8)9/h1-2,5H,3H2. The zero-order valence-corrected chi connectivity index (χ0v) is 6.84. The molecule has 0 N–H and O–H groups in total. The third kappa shape index (κ3) is 1.89. The van der Waals surface area contributed by atoms with Crippen molar-refractivity contribution in [2.45, 2.75) is 11.8 Å². The van der Waals surface area contributed by atoms with E-state index >= 15 is 0 Å². The molecule has 0 nitrogen and oxygen atoms in total. The smallest absolute Gasteiger partial charge is 0.110 e. The molecule has 1 rings (SSSR count). The molecule has 0 aliphatic heterocycles. The lowest BCUT2D eigenvalue weighted by Crippen LogP contribution is -1.85. The van der Waals surface area contributed by atoms with Crippen molar-refractivity contribution in [1.82, 2.24) is 0 Å². The highest BCUT2D eigenvalue weighted by Gasteiger charge is 2.11. The van der Waals surface area contributed by atoms with E-state index in [-0.39, 0.29) is 5.38 Å². The molecular weight excluding hydrogens is 178 g/mol. The third-order valence-corrected chi connectivity index (χ3v) is 1.95. The maximum absolute atomic E-state index is 5.71.